The van der Waals surface area contributed by atoms with Gasteiger partial charge < -0.3 is 9.64 Å². The number of nitrogens with zero attached hydrogens (tertiary/aromatic N) is 2. The van der Waals surface area contributed by atoms with Gasteiger partial charge in [-0.2, -0.15) is 5.26 Å². The molecule has 2 aliphatic rings. The number of piperidine rings is 1. The molecule has 1 aliphatic heterocycles. The third-order valence-corrected chi connectivity index (χ3v) is 5.52. The van der Waals surface area contributed by atoms with E-state index in [1.165, 1.54) is 5.56 Å². The first-order chi connectivity index (χ1) is 11.7. The number of hydrogen-bond acceptors (Lipinski definition) is 3. The first-order valence-corrected chi connectivity index (χ1v) is 9.12. The van der Waals surface area contributed by atoms with Gasteiger partial charge in [0, 0.05) is 13.1 Å². The molecule has 1 amide bonds. The van der Waals surface area contributed by atoms with E-state index in [1.807, 2.05) is 24.0 Å². The molecule has 1 aromatic rings. The molecule has 24 heavy (non-hydrogen) atoms. The maximum absolute atomic E-state index is 12.8. The Bertz CT molecular complexity index is 621. The van der Waals surface area contributed by atoms with Crippen LogP contribution in [0.15, 0.2) is 24.3 Å². The van der Waals surface area contributed by atoms with Crippen LogP contribution in [-0.2, 0) is 4.79 Å². The van der Waals surface area contributed by atoms with Crippen LogP contribution in [0, 0.1) is 16.7 Å². The Balaban J connectivity index is 1.66. The van der Waals surface area contributed by atoms with E-state index in [-0.39, 0.29) is 5.91 Å². The lowest BCUT2D eigenvalue weighted by atomic mass is 9.84. The molecule has 1 heterocycles. The van der Waals surface area contributed by atoms with E-state index >= 15 is 0 Å². The lowest BCUT2D eigenvalue weighted by Gasteiger charge is -2.36. The van der Waals surface area contributed by atoms with Gasteiger partial charge >= 0.3 is 0 Å². The number of para-hydroxylation sites is 1. The van der Waals surface area contributed by atoms with Crippen LogP contribution in [0.25, 0.3) is 0 Å². The third-order valence-electron chi connectivity index (χ3n) is 5.52. The van der Waals surface area contributed by atoms with E-state index in [2.05, 4.69) is 18.2 Å². The highest BCUT2D eigenvalue weighted by atomic mass is 16.5. The van der Waals surface area contributed by atoms with Gasteiger partial charge in [-0.25, -0.2) is 0 Å². The molecule has 2 fully saturated rings. The summed E-state index contributed by atoms with van der Waals surface area (Å²) in [6.07, 6.45) is 5.34. The minimum Gasteiger partial charge on any atom is -0.494 e. The van der Waals surface area contributed by atoms with Crippen LogP contribution in [0.4, 0.5) is 0 Å². The van der Waals surface area contributed by atoms with Gasteiger partial charge in [0.2, 0.25) is 5.91 Å². The second-order valence-corrected chi connectivity index (χ2v) is 6.94. The topological polar surface area (TPSA) is 53.3 Å². The van der Waals surface area contributed by atoms with Gasteiger partial charge in [0.1, 0.15) is 11.2 Å². The number of rotatable bonds is 4. The third kappa shape index (κ3) is 3.13. The maximum atomic E-state index is 12.8. The largest absolute Gasteiger partial charge is 0.494 e. The molecule has 0 N–H and O–H groups in total. The predicted molar refractivity (Wildman–Crippen MR) is 92.7 cm³/mol. The quantitative estimate of drug-likeness (QED) is 0.844. The minimum absolute atomic E-state index is 0.0686. The average molecular weight is 326 g/mol. The average Bonchev–Trinajstić information content (AvgIpc) is 3.12. The molecule has 0 atom stereocenters. The summed E-state index contributed by atoms with van der Waals surface area (Å²) in [5, 5.41) is 9.53. The molecule has 1 aliphatic carbocycles. The number of carbonyl (C=O) groups excluding carboxylic acids is 1. The van der Waals surface area contributed by atoms with Crippen molar-refractivity contribution in [3.05, 3.63) is 29.8 Å². The van der Waals surface area contributed by atoms with Crippen LogP contribution < -0.4 is 4.74 Å². The van der Waals surface area contributed by atoms with Gasteiger partial charge in [-0.05, 0) is 50.2 Å². The van der Waals surface area contributed by atoms with Crippen molar-refractivity contribution in [1.29, 1.82) is 5.26 Å². The molecule has 1 aromatic carbocycles. The molecule has 3 rings (SSSR count). The molecule has 4 heteroatoms. The van der Waals surface area contributed by atoms with E-state index in [0.29, 0.717) is 12.5 Å². The van der Waals surface area contributed by atoms with Crippen molar-refractivity contribution < 1.29 is 9.53 Å². The van der Waals surface area contributed by atoms with Crippen molar-refractivity contribution in [2.75, 3.05) is 19.7 Å². The highest BCUT2D eigenvalue weighted by Crippen LogP contribution is 2.41. The minimum atomic E-state index is -0.740. The maximum Gasteiger partial charge on any atom is 0.243 e. The van der Waals surface area contributed by atoms with Crippen molar-refractivity contribution in [3.8, 4) is 11.8 Å². The van der Waals surface area contributed by atoms with E-state index in [9.17, 15) is 10.1 Å². The number of ether oxygens (including phenoxy) is 1. The summed E-state index contributed by atoms with van der Waals surface area (Å²) in [6, 6.07) is 10.6. The van der Waals surface area contributed by atoms with Crippen LogP contribution in [0.1, 0.15) is 56.9 Å². The first kappa shape index (κ1) is 16.8. The lowest BCUT2D eigenvalue weighted by molar-refractivity contribution is -0.139. The standard InChI is InChI=1S/C20H26N2O2/c1-2-24-18-8-4-3-7-17(18)16-9-13-22(14-10-16)19(23)20(15-21)11-5-6-12-20/h3-4,7-8,16H,2,5-6,9-14H2,1H3. The van der Waals surface area contributed by atoms with Crippen LogP contribution in [0.5, 0.6) is 5.75 Å². The fraction of sp³-hybridized carbons (Fsp3) is 0.600. The Morgan fingerprint density at radius 3 is 2.58 bits per heavy atom. The zero-order chi connectivity index (χ0) is 17.0. The molecule has 128 valence electrons. The van der Waals surface area contributed by atoms with Gasteiger partial charge in [0.15, 0.2) is 0 Å². The summed E-state index contributed by atoms with van der Waals surface area (Å²) in [7, 11) is 0. The second kappa shape index (κ2) is 7.25. The number of nitriles is 1. The van der Waals surface area contributed by atoms with Crippen molar-refractivity contribution in [3.63, 3.8) is 0 Å². The van der Waals surface area contributed by atoms with Gasteiger partial charge in [-0.15, -0.1) is 0 Å². The molecule has 0 spiro atoms. The number of carbonyl (C=O) groups is 1. The number of hydrogen-bond donors (Lipinski definition) is 0. The molecule has 1 saturated heterocycles. The summed E-state index contributed by atoms with van der Waals surface area (Å²) in [6.45, 7) is 4.15. The van der Waals surface area contributed by atoms with E-state index in [4.69, 9.17) is 4.74 Å². The Morgan fingerprint density at radius 1 is 1.29 bits per heavy atom. The van der Waals surface area contributed by atoms with Crippen molar-refractivity contribution in [2.24, 2.45) is 5.41 Å². The van der Waals surface area contributed by atoms with E-state index in [1.54, 1.807) is 0 Å². The van der Waals surface area contributed by atoms with Crippen LogP contribution in [0.3, 0.4) is 0 Å². The van der Waals surface area contributed by atoms with E-state index in [0.717, 1.165) is 57.4 Å². The second-order valence-electron chi connectivity index (χ2n) is 6.94. The Kier molecular flexibility index (Phi) is 5.08. The molecule has 0 unspecified atom stereocenters. The lowest BCUT2D eigenvalue weighted by Crippen LogP contribution is -2.45. The molecular formula is C20H26N2O2. The number of amides is 1. The van der Waals surface area contributed by atoms with Gasteiger partial charge in [-0.3, -0.25) is 4.79 Å². The van der Waals surface area contributed by atoms with Crippen LogP contribution in [-0.4, -0.2) is 30.5 Å². The van der Waals surface area contributed by atoms with Crippen molar-refractivity contribution in [2.45, 2.75) is 51.4 Å². The van der Waals surface area contributed by atoms with Crippen molar-refractivity contribution in [1.82, 2.24) is 4.90 Å². The Morgan fingerprint density at radius 2 is 1.96 bits per heavy atom. The molecule has 1 saturated carbocycles. The molecular weight excluding hydrogens is 300 g/mol. The number of benzene rings is 1. The highest BCUT2D eigenvalue weighted by molar-refractivity contribution is 5.86. The number of likely N-dealkylation sites (tertiary alicyclic amines) is 1. The molecule has 0 aromatic heterocycles. The zero-order valence-corrected chi connectivity index (χ0v) is 14.5. The summed E-state index contributed by atoms with van der Waals surface area (Å²) in [4.78, 5) is 14.8. The molecule has 0 bridgehead atoms. The monoisotopic (exact) mass is 326 g/mol. The van der Waals surface area contributed by atoms with Crippen LogP contribution >= 0.6 is 0 Å². The summed E-state index contributed by atoms with van der Waals surface area (Å²) in [5.74, 6) is 1.46. The SMILES string of the molecule is CCOc1ccccc1C1CCN(C(=O)C2(C#N)CCCC2)CC1. The van der Waals surface area contributed by atoms with Gasteiger partial charge in [-0.1, -0.05) is 31.0 Å². The first-order valence-electron chi connectivity index (χ1n) is 9.12. The van der Waals surface area contributed by atoms with Gasteiger partial charge in [0.25, 0.3) is 0 Å². The highest BCUT2D eigenvalue weighted by Gasteiger charge is 2.44. The molecule has 4 nitrogen and oxygen atoms in total. The summed E-state index contributed by atoms with van der Waals surface area (Å²) < 4.78 is 5.76. The smallest absolute Gasteiger partial charge is 0.243 e. The Labute approximate surface area is 144 Å². The normalized spacial score (nSPS) is 20.6. The molecule has 0 radical (unpaired) electrons. The Hall–Kier alpha value is -2.02. The fourth-order valence-electron chi connectivity index (χ4n) is 4.15. The van der Waals surface area contributed by atoms with Crippen molar-refractivity contribution >= 4 is 5.91 Å². The van der Waals surface area contributed by atoms with Gasteiger partial charge in [0.05, 0.1) is 12.7 Å². The van der Waals surface area contributed by atoms with E-state index < -0.39 is 5.41 Å². The zero-order valence-electron chi connectivity index (χ0n) is 14.5. The summed E-state index contributed by atoms with van der Waals surface area (Å²) in [5.41, 5.74) is 0.512. The van der Waals surface area contributed by atoms with Crippen LogP contribution in [0.2, 0.25) is 0 Å². The summed E-state index contributed by atoms with van der Waals surface area (Å²) >= 11 is 0. The predicted octanol–water partition coefficient (Wildman–Crippen LogP) is 3.88. The fourth-order valence-corrected chi connectivity index (χ4v) is 4.15.